The molecule has 0 saturated heterocycles. The van der Waals surface area contributed by atoms with Crippen molar-refractivity contribution in [2.24, 2.45) is 5.92 Å². The van der Waals surface area contributed by atoms with Crippen LogP contribution in [0.15, 0.2) is 22.5 Å². The van der Waals surface area contributed by atoms with Crippen molar-refractivity contribution < 1.29 is 33.4 Å². The van der Waals surface area contributed by atoms with Crippen molar-refractivity contribution in [3.8, 4) is 0 Å². The van der Waals surface area contributed by atoms with Gasteiger partial charge in [-0.1, -0.05) is 6.92 Å². The number of carbonyl (C=O) groups is 4. The Bertz CT molecular complexity index is 656. The molecule has 0 saturated carbocycles. The topological polar surface area (TPSA) is 120 Å². The SMILES string of the molecule is CCC(C)NC(=O)COC(=O)C1C(C(=O)OC)=C(C)NC(C)=C1C(=O)OC. The van der Waals surface area contributed by atoms with Gasteiger partial charge in [-0.25, -0.2) is 9.59 Å². The van der Waals surface area contributed by atoms with Gasteiger partial charge in [-0.2, -0.15) is 0 Å². The lowest BCUT2D eigenvalue weighted by molar-refractivity contribution is -0.153. The Morgan fingerprint density at radius 2 is 1.52 bits per heavy atom. The Hall–Kier alpha value is -2.84. The largest absolute Gasteiger partial charge is 0.466 e. The molecule has 1 aliphatic heterocycles. The molecule has 0 aromatic heterocycles. The van der Waals surface area contributed by atoms with Gasteiger partial charge >= 0.3 is 17.9 Å². The predicted octanol–water partition coefficient (Wildman–Crippen LogP) is 0.558. The first kappa shape index (κ1) is 22.2. The Morgan fingerprint density at radius 1 is 1.04 bits per heavy atom. The summed E-state index contributed by atoms with van der Waals surface area (Å²) >= 11 is 0. The quantitative estimate of drug-likeness (QED) is 0.484. The van der Waals surface area contributed by atoms with Crippen LogP contribution >= 0.6 is 0 Å². The second kappa shape index (κ2) is 9.75. The molecule has 0 spiro atoms. The summed E-state index contributed by atoms with van der Waals surface area (Å²) in [7, 11) is 2.32. The molecular formula is C18H26N2O7. The third kappa shape index (κ3) is 5.32. The Morgan fingerprint density at radius 3 is 1.93 bits per heavy atom. The fourth-order valence-corrected chi connectivity index (χ4v) is 2.63. The molecule has 1 heterocycles. The summed E-state index contributed by atoms with van der Waals surface area (Å²) in [6, 6.07) is -0.0735. The molecular weight excluding hydrogens is 356 g/mol. The van der Waals surface area contributed by atoms with Crippen LogP contribution in [0.1, 0.15) is 34.1 Å². The highest BCUT2D eigenvalue weighted by molar-refractivity contribution is 6.05. The van der Waals surface area contributed by atoms with Crippen molar-refractivity contribution in [3.05, 3.63) is 22.5 Å². The van der Waals surface area contributed by atoms with Gasteiger partial charge in [0, 0.05) is 17.4 Å². The van der Waals surface area contributed by atoms with Crippen molar-refractivity contribution >= 4 is 23.8 Å². The van der Waals surface area contributed by atoms with Crippen LogP contribution in [0.25, 0.3) is 0 Å². The average molecular weight is 382 g/mol. The number of nitrogens with one attached hydrogen (secondary N) is 2. The minimum absolute atomic E-state index is 0.0733. The number of dihydropyridines is 1. The number of rotatable bonds is 7. The van der Waals surface area contributed by atoms with E-state index in [-0.39, 0.29) is 17.2 Å². The second-order valence-electron chi connectivity index (χ2n) is 6.10. The van der Waals surface area contributed by atoms with E-state index in [1.54, 1.807) is 13.8 Å². The highest BCUT2D eigenvalue weighted by atomic mass is 16.5. The van der Waals surface area contributed by atoms with E-state index < -0.39 is 36.3 Å². The third-order valence-corrected chi connectivity index (χ3v) is 4.17. The highest BCUT2D eigenvalue weighted by Crippen LogP contribution is 2.32. The maximum Gasteiger partial charge on any atom is 0.336 e. The van der Waals surface area contributed by atoms with E-state index in [0.29, 0.717) is 11.4 Å². The number of allylic oxidation sites excluding steroid dienone is 2. The van der Waals surface area contributed by atoms with Crippen LogP contribution in [0.3, 0.4) is 0 Å². The van der Waals surface area contributed by atoms with Crippen molar-refractivity contribution in [3.63, 3.8) is 0 Å². The molecule has 150 valence electrons. The van der Waals surface area contributed by atoms with Crippen LogP contribution in [0.4, 0.5) is 0 Å². The molecule has 1 amide bonds. The predicted molar refractivity (Wildman–Crippen MR) is 94.9 cm³/mol. The fraction of sp³-hybridized carbons (Fsp3) is 0.556. The highest BCUT2D eigenvalue weighted by Gasteiger charge is 2.42. The molecule has 9 nitrogen and oxygen atoms in total. The second-order valence-corrected chi connectivity index (χ2v) is 6.10. The summed E-state index contributed by atoms with van der Waals surface area (Å²) in [5.41, 5.74) is 0.544. The summed E-state index contributed by atoms with van der Waals surface area (Å²) in [5, 5.41) is 5.52. The van der Waals surface area contributed by atoms with E-state index in [9.17, 15) is 19.2 Å². The summed E-state index contributed by atoms with van der Waals surface area (Å²) in [6.07, 6.45) is 0.719. The van der Waals surface area contributed by atoms with Gasteiger partial charge in [-0.15, -0.1) is 0 Å². The zero-order valence-corrected chi connectivity index (χ0v) is 16.4. The molecule has 27 heavy (non-hydrogen) atoms. The number of hydrogen-bond acceptors (Lipinski definition) is 8. The van der Waals surface area contributed by atoms with Gasteiger partial charge in [0.25, 0.3) is 5.91 Å². The van der Waals surface area contributed by atoms with E-state index in [2.05, 4.69) is 10.6 Å². The molecule has 0 fully saturated rings. The Labute approximate surface area is 158 Å². The molecule has 2 N–H and O–H groups in total. The van der Waals surface area contributed by atoms with E-state index in [0.717, 1.165) is 20.6 Å². The van der Waals surface area contributed by atoms with E-state index in [4.69, 9.17) is 14.2 Å². The number of carbonyl (C=O) groups excluding carboxylic acids is 4. The van der Waals surface area contributed by atoms with Gasteiger partial charge in [0.05, 0.1) is 25.4 Å². The fourth-order valence-electron chi connectivity index (χ4n) is 2.63. The summed E-state index contributed by atoms with van der Waals surface area (Å²) in [5.74, 6) is -4.34. The minimum atomic E-state index is -1.36. The molecule has 0 aromatic carbocycles. The van der Waals surface area contributed by atoms with E-state index in [1.807, 2.05) is 13.8 Å². The number of ether oxygens (including phenoxy) is 3. The first-order valence-electron chi connectivity index (χ1n) is 8.49. The molecule has 1 atom stereocenters. The van der Waals surface area contributed by atoms with Gasteiger partial charge in [0.1, 0.15) is 5.92 Å². The lowest BCUT2D eigenvalue weighted by Gasteiger charge is -2.28. The first-order valence-corrected chi connectivity index (χ1v) is 8.49. The van der Waals surface area contributed by atoms with E-state index in [1.165, 1.54) is 0 Å². The lowest BCUT2D eigenvalue weighted by atomic mass is 9.85. The third-order valence-electron chi connectivity index (χ3n) is 4.17. The van der Waals surface area contributed by atoms with Crippen molar-refractivity contribution in [1.29, 1.82) is 0 Å². The Balaban J connectivity index is 3.14. The summed E-state index contributed by atoms with van der Waals surface area (Å²) in [6.45, 7) is 6.32. The smallest absolute Gasteiger partial charge is 0.336 e. The first-order chi connectivity index (χ1) is 12.7. The van der Waals surface area contributed by atoms with Gasteiger partial charge < -0.3 is 24.8 Å². The zero-order chi connectivity index (χ0) is 20.7. The van der Waals surface area contributed by atoms with Gasteiger partial charge in [-0.05, 0) is 27.2 Å². The van der Waals surface area contributed by atoms with Crippen LogP contribution in [-0.2, 0) is 33.4 Å². The van der Waals surface area contributed by atoms with Gasteiger partial charge in [-0.3, -0.25) is 9.59 Å². The van der Waals surface area contributed by atoms with Crippen LogP contribution in [0.2, 0.25) is 0 Å². The number of esters is 3. The molecule has 1 aliphatic rings. The molecule has 0 aliphatic carbocycles. The van der Waals surface area contributed by atoms with Crippen LogP contribution in [-0.4, -0.2) is 50.7 Å². The zero-order valence-electron chi connectivity index (χ0n) is 16.4. The molecule has 0 radical (unpaired) electrons. The van der Waals surface area contributed by atoms with Crippen molar-refractivity contribution in [2.45, 2.75) is 40.2 Å². The van der Waals surface area contributed by atoms with Crippen molar-refractivity contribution in [2.75, 3.05) is 20.8 Å². The van der Waals surface area contributed by atoms with Gasteiger partial charge in [0.15, 0.2) is 6.61 Å². The standard InChI is InChI=1S/C18H26N2O7/c1-7-9(2)19-12(21)8-27-18(24)15-13(16(22)25-5)10(3)20-11(4)14(15)17(23)26-6/h9,15,20H,7-8H2,1-6H3,(H,19,21). The summed E-state index contributed by atoms with van der Waals surface area (Å²) < 4.78 is 14.5. The van der Waals surface area contributed by atoms with Crippen LogP contribution in [0.5, 0.6) is 0 Å². The van der Waals surface area contributed by atoms with E-state index >= 15 is 0 Å². The molecule has 0 aromatic rings. The number of hydrogen-bond donors (Lipinski definition) is 2. The van der Waals surface area contributed by atoms with Crippen LogP contribution in [0, 0.1) is 5.92 Å². The molecule has 1 unspecified atom stereocenters. The molecule has 0 bridgehead atoms. The monoisotopic (exact) mass is 382 g/mol. The minimum Gasteiger partial charge on any atom is -0.466 e. The maximum absolute atomic E-state index is 12.7. The number of amides is 1. The van der Waals surface area contributed by atoms with Crippen LogP contribution < -0.4 is 10.6 Å². The molecule has 1 rings (SSSR count). The maximum atomic E-state index is 12.7. The average Bonchev–Trinajstić information content (AvgIpc) is 2.64. The normalized spacial score (nSPS) is 15.6. The summed E-state index contributed by atoms with van der Waals surface area (Å²) in [4.78, 5) is 49.0. The Kier molecular flexibility index (Phi) is 8.01. The lowest BCUT2D eigenvalue weighted by Crippen LogP contribution is -2.40. The van der Waals surface area contributed by atoms with Crippen molar-refractivity contribution in [1.82, 2.24) is 10.6 Å². The van der Waals surface area contributed by atoms with Gasteiger partial charge in [0.2, 0.25) is 0 Å². The molecule has 9 heteroatoms. The number of methoxy groups -OCH3 is 2.